The van der Waals surface area contributed by atoms with Gasteiger partial charge in [0.15, 0.2) is 0 Å². The highest BCUT2D eigenvalue weighted by molar-refractivity contribution is 5.89. The number of likely N-dealkylation sites (tertiary alicyclic amines) is 1. The molecular weight excluding hydrogens is 366 g/mol. The summed E-state index contributed by atoms with van der Waals surface area (Å²) < 4.78 is 32.6. The molecule has 6 nitrogen and oxygen atoms in total. The fourth-order valence-electron chi connectivity index (χ4n) is 3.23. The van der Waals surface area contributed by atoms with Crippen LogP contribution in [0.5, 0.6) is 0 Å². The number of amides is 2. The van der Waals surface area contributed by atoms with Gasteiger partial charge in [-0.15, -0.1) is 10.2 Å². The number of nitrogens with one attached hydrogen (secondary N) is 1. The predicted molar refractivity (Wildman–Crippen MR) is 98.7 cm³/mol. The van der Waals surface area contributed by atoms with Gasteiger partial charge in [0.1, 0.15) is 11.6 Å². The van der Waals surface area contributed by atoms with E-state index in [2.05, 4.69) is 15.5 Å². The average Bonchev–Trinajstić information content (AvgIpc) is 3.21. The number of hydrogen-bond acceptors (Lipinski definition) is 4. The molecule has 144 valence electrons. The van der Waals surface area contributed by atoms with Gasteiger partial charge in [0, 0.05) is 18.7 Å². The summed E-state index contributed by atoms with van der Waals surface area (Å²) in [7, 11) is 0. The Balaban J connectivity index is 1.44. The quantitative estimate of drug-likeness (QED) is 0.725. The molecule has 0 aliphatic carbocycles. The Hall–Kier alpha value is -3.29. The molecule has 1 unspecified atom stereocenters. The van der Waals surface area contributed by atoms with Gasteiger partial charge in [-0.05, 0) is 49.2 Å². The SMILES string of the molecule is O=C(Nc1ccccc1F)N1CCCC(c2nnc(-c3ccc(F)cc3)o2)C1. The summed E-state index contributed by atoms with van der Waals surface area (Å²) in [5, 5.41) is 10.7. The van der Waals surface area contributed by atoms with Crippen LogP contribution in [0.25, 0.3) is 11.5 Å². The highest BCUT2D eigenvalue weighted by atomic mass is 19.1. The van der Waals surface area contributed by atoms with Gasteiger partial charge in [0.2, 0.25) is 11.8 Å². The number of anilines is 1. The van der Waals surface area contributed by atoms with E-state index in [0.29, 0.717) is 30.4 Å². The van der Waals surface area contributed by atoms with Crippen LogP contribution in [0.2, 0.25) is 0 Å². The molecule has 0 saturated carbocycles. The standard InChI is InChI=1S/C20H18F2N4O2/c21-15-9-7-13(8-10-15)18-24-25-19(28-18)14-4-3-11-26(12-14)20(27)23-17-6-2-1-5-16(17)22/h1-2,5-10,14H,3-4,11-12H2,(H,23,27). The van der Waals surface area contributed by atoms with E-state index in [1.807, 2.05) is 0 Å². The minimum absolute atomic E-state index is 0.109. The lowest BCUT2D eigenvalue weighted by molar-refractivity contribution is 0.187. The first kappa shape index (κ1) is 18.1. The van der Waals surface area contributed by atoms with Crippen molar-refractivity contribution < 1.29 is 18.0 Å². The van der Waals surface area contributed by atoms with Crippen molar-refractivity contribution in [3.63, 3.8) is 0 Å². The monoisotopic (exact) mass is 384 g/mol. The molecule has 28 heavy (non-hydrogen) atoms. The lowest BCUT2D eigenvalue weighted by Crippen LogP contribution is -2.41. The fraction of sp³-hybridized carbons (Fsp3) is 0.250. The molecule has 1 aliphatic rings. The van der Waals surface area contributed by atoms with Crippen LogP contribution >= 0.6 is 0 Å². The zero-order valence-electron chi connectivity index (χ0n) is 14.9. The van der Waals surface area contributed by atoms with Crippen LogP contribution in [0.15, 0.2) is 52.9 Å². The molecule has 1 atom stereocenters. The first-order chi connectivity index (χ1) is 13.6. The maximum absolute atomic E-state index is 13.8. The predicted octanol–water partition coefficient (Wildman–Crippen LogP) is 4.43. The number of urea groups is 1. The molecule has 1 aliphatic heterocycles. The highest BCUT2D eigenvalue weighted by Crippen LogP contribution is 2.29. The van der Waals surface area contributed by atoms with Crippen molar-refractivity contribution in [2.45, 2.75) is 18.8 Å². The summed E-state index contributed by atoms with van der Waals surface area (Å²) in [5.41, 5.74) is 0.774. The Labute approximate surface area is 160 Å². The molecule has 1 N–H and O–H groups in total. The van der Waals surface area contributed by atoms with E-state index in [0.717, 1.165) is 12.8 Å². The molecule has 2 aromatic carbocycles. The van der Waals surface area contributed by atoms with Gasteiger partial charge < -0.3 is 14.6 Å². The molecule has 3 aromatic rings. The van der Waals surface area contributed by atoms with Crippen LogP contribution in [0.1, 0.15) is 24.7 Å². The van der Waals surface area contributed by atoms with Gasteiger partial charge in [-0.2, -0.15) is 0 Å². The van der Waals surface area contributed by atoms with Gasteiger partial charge in [-0.3, -0.25) is 0 Å². The third-order valence-corrected chi connectivity index (χ3v) is 4.71. The summed E-state index contributed by atoms with van der Waals surface area (Å²) >= 11 is 0. The van der Waals surface area contributed by atoms with Crippen molar-refractivity contribution in [1.82, 2.24) is 15.1 Å². The van der Waals surface area contributed by atoms with E-state index in [-0.39, 0.29) is 23.5 Å². The van der Waals surface area contributed by atoms with E-state index < -0.39 is 5.82 Å². The number of halogens is 2. The minimum atomic E-state index is -0.481. The van der Waals surface area contributed by atoms with Gasteiger partial charge in [-0.25, -0.2) is 13.6 Å². The van der Waals surface area contributed by atoms with Crippen molar-refractivity contribution in [2.75, 3.05) is 18.4 Å². The van der Waals surface area contributed by atoms with Crippen molar-refractivity contribution in [3.05, 3.63) is 66.1 Å². The van der Waals surface area contributed by atoms with Gasteiger partial charge in [-0.1, -0.05) is 12.1 Å². The zero-order chi connectivity index (χ0) is 19.5. The van der Waals surface area contributed by atoms with Crippen LogP contribution < -0.4 is 5.32 Å². The first-order valence-corrected chi connectivity index (χ1v) is 9.00. The van der Waals surface area contributed by atoms with Crippen LogP contribution in [-0.2, 0) is 0 Å². The maximum Gasteiger partial charge on any atom is 0.321 e. The molecule has 2 amide bonds. The van der Waals surface area contributed by atoms with Crippen molar-refractivity contribution in [1.29, 1.82) is 0 Å². The topological polar surface area (TPSA) is 71.3 Å². The van der Waals surface area contributed by atoms with E-state index in [9.17, 15) is 13.6 Å². The molecule has 8 heteroatoms. The van der Waals surface area contributed by atoms with Crippen molar-refractivity contribution in [2.24, 2.45) is 0 Å². The molecule has 1 saturated heterocycles. The normalized spacial score (nSPS) is 16.8. The van der Waals surface area contributed by atoms with E-state index in [1.165, 1.54) is 24.3 Å². The van der Waals surface area contributed by atoms with Crippen LogP contribution in [0.3, 0.4) is 0 Å². The summed E-state index contributed by atoms with van der Waals surface area (Å²) in [4.78, 5) is 14.1. The molecular formula is C20H18F2N4O2. The number of hydrogen-bond donors (Lipinski definition) is 1. The molecule has 2 heterocycles. The van der Waals surface area contributed by atoms with Gasteiger partial charge >= 0.3 is 6.03 Å². The Kier molecular flexibility index (Phi) is 5.01. The second kappa shape index (κ2) is 7.75. The number of nitrogens with zero attached hydrogens (tertiary/aromatic N) is 3. The molecule has 1 fully saturated rings. The van der Waals surface area contributed by atoms with Crippen molar-refractivity contribution >= 4 is 11.7 Å². The largest absolute Gasteiger partial charge is 0.420 e. The van der Waals surface area contributed by atoms with E-state index in [1.54, 1.807) is 29.2 Å². The number of rotatable bonds is 3. The summed E-state index contributed by atoms with van der Waals surface area (Å²) in [6.45, 7) is 0.959. The average molecular weight is 384 g/mol. The molecule has 0 radical (unpaired) electrons. The van der Waals surface area contributed by atoms with Gasteiger partial charge in [0.25, 0.3) is 0 Å². The van der Waals surface area contributed by atoms with Crippen LogP contribution in [0.4, 0.5) is 19.3 Å². The first-order valence-electron chi connectivity index (χ1n) is 9.00. The fourth-order valence-corrected chi connectivity index (χ4v) is 3.23. The minimum Gasteiger partial charge on any atom is -0.420 e. The second-order valence-electron chi connectivity index (χ2n) is 6.65. The Bertz CT molecular complexity index is 974. The maximum atomic E-state index is 13.8. The zero-order valence-corrected chi connectivity index (χ0v) is 14.9. The number of aromatic nitrogens is 2. The van der Waals surface area contributed by atoms with Crippen LogP contribution in [-0.4, -0.2) is 34.2 Å². The number of benzene rings is 2. The number of piperidine rings is 1. The summed E-state index contributed by atoms with van der Waals surface area (Å²) in [6, 6.07) is 11.5. The molecule has 1 aromatic heterocycles. The molecule has 4 rings (SSSR count). The Morgan fingerprint density at radius 3 is 2.68 bits per heavy atom. The highest BCUT2D eigenvalue weighted by Gasteiger charge is 2.29. The summed E-state index contributed by atoms with van der Waals surface area (Å²) in [5.74, 6) is -0.190. The lowest BCUT2D eigenvalue weighted by atomic mass is 9.98. The Morgan fingerprint density at radius 1 is 1.11 bits per heavy atom. The van der Waals surface area contributed by atoms with Crippen LogP contribution in [0, 0.1) is 11.6 Å². The van der Waals surface area contributed by atoms with Crippen molar-refractivity contribution in [3.8, 4) is 11.5 Å². The third-order valence-electron chi connectivity index (χ3n) is 4.71. The molecule has 0 spiro atoms. The number of para-hydroxylation sites is 1. The summed E-state index contributed by atoms with van der Waals surface area (Å²) in [6.07, 6.45) is 1.57. The smallest absolute Gasteiger partial charge is 0.321 e. The number of carbonyl (C=O) groups excluding carboxylic acids is 1. The third kappa shape index (κ3) is 3.85. The Morgan fingerprint density at radius 2 is 1.89 bits per heavy atom. The molecule has 0 bridgehead atoms. The number of carbonyl (C=O) groups is 1. The van der Waals surface area contributed by atoms with Gasteiger partial charge in [0.05, 0.1) is 11.6 Å². The van der Waals surface area contributed by atoms with E-state index in [4.69, 9.17) is 4.42 Å². The van der Waals surface area contributed by atoms with E-state index >= 15 is 0 Å². The second-order valence-corrected chi connectivity index (χ2v) is 6.65. The lowest BCUT2D eigenvalue weighted by Gasteiger charge is -2.31.